The van der Waals surface area contributed by atoms with Crippen LogP contribution in [0.3, 0.4) is 0 Å². The van der Waals surface area contributed by atoms with Crippen LogP contribution in [0.1, 0.15) is 24.8 Å². The van der Waals surface area contributed by atoms with Crippen LogP contribution in [0.15, 0.2) is 30.3 Å². The van der Waals surface area contributed by atoms with Crippen LogP contribution >= 0.6 is 0 Å². The number of likely N-dealkylation sites (tertiary alicyclic amines) is 1. The number of para-hydroxylation sites is 1. The molecule has 4 heteroatoms. The maximum Gasteiger partial charge on any atom is 0.215 e. The van der Waals surface area contributed by atoms with Gasteiger partial charge in [0.2, 0.25) is 5.88 Å². The second kappa shape index (κ2) is 6.55. The second-order valence-electron chi connectivity index (χ2n) is 5.39. The second-order valence-corrected chi connectivity index (χ2v) is 5.39. The summed E-state index contributed by atoms with van der Waals surface area (Å²) in [5, 5.41) is 10.1. The molecule has 0 spiro atoms. The lowest BCUT2D eigenvalue weighted by molar-refractivity contribution is 0.181. The van der Waals surface area contributed by atoms with Gasteiger partial charge >= 0.3 is 0 Å². The Morgan fingerprint density at radius 2 is 2.00 bits per heavy atom. The molecule has 1 aliphatic heterocycles. The Hall–Kier alpha value is -2.12. The van der Waals surface area contributed by atoms with Crippen LogP contribution in [0, 0.1) is 11.3 Å². The molecule has 21 heavy (non-hydrogen) atoms. The van der Waals surface area contributed by atoms with Gasteiger partial charge in [-0.05, 0) is 32.0 Å². The summed E-state index contributed by atoms with van der Waals surface area (Å²) in [6.45, 7) is 3.88. The molecule has 2 aromatic rings. The zero-order valence-corrected chi connectivity index (χ0v) is 12.1. The zero-order valence-electron chi connectivity index (χ0n) is 12.1. The molecule has 4 nitrogen and oxygen atoms in total. The summed E-state index contributed by atoms with van der Waals surface area (Å²) in [4.78, 5) is 6.90. The first kappa shape index (κ1) is 13.8. The predicted octanol–water partition coefficient (Wildman–Crippen LogP) is 2.97. The highest BCUT2D eigenvalue weighted by atomic mass is 16.5. The fourth-order valence-electron chi connectivity index (χ4n) is 2.78. The van der Waals surface area contributed by atoms with Crippen molar-refractivity contribution in [3.63, 3.8) is 0 Å². The average molecular weight is 281 g/mol. The van der Waals surface area contributed by atoms with Gasteiger partial charge in [0.25, 0.3) is 0 Å². The molecular weight excluding hydrogens is 262 g/mol. The van der Waals surface area contributed by atoms with Crippen molar-refractivity contribution in [1.29, 1.82) is 5.26 Å². The molecule has 1 aromatic carbocycles. The Labute approximate surface area is 125 Å². The van der Waals surface area contributed by atoms with E-state index < -0.39 is 0 Å². The van der Waals surface area contributed by atoms with E-state index >= 15 is 0 Å². The molecule has 3 rings (SSSR count). The SMILES string of the molecule is N#Cc1cc(OCCN2CCCCC2)nc2ccccc12. The number of nitriles is 1. The Morgan fingerprint density at radius 1 is 1.19 bits per heavy atom. The predicted molar refractivity (Wildman–Crippen MR) is 82.2 cm³/mol. The zero-order chi connectivity index (χ0) is 14.5. The van der Waals surface area contributed by atoms with Crippen LogP contribution in [-0.2, 0) is 0 Å². The van der Waals surface area contributed by atoms with Crippen molar-refractivity contribution in [2.45, 2.75) is 19.3 Å². The molecule has 0 N–H and O–H groups in total. The quantitative estimate of drug-likeness (QED) is 0.864. The smallest absolute Gasteiger partial charge is 0.215 e. The summed E-state index contributed by atoms with van der Waals surface area (Å²) in [7, 11) is 0. The standard InChI is InChI=1S/C17H19N3O/c18-13-14-12-17(19-16-7-3-2-6-15(14)16)21-11-10-20-8-4-1-5-9-20/h2-3,6-7,12H,1,4-5,8-11H2. The molecule has 1 saturated heterocycles. The lowest BCUT2D eigenvalue weighted by Gasteiger charge is -2.26. The lowest BCUT2D eigenvalue weighted by atomic mass is 10.1. The van der Waals surface area contributed by atoms with Crippen molar-refractivity contribution in [3.8, 4) is 11.9 Å². The van der Waals surface area contributed by atoms with Gasteiger partial charge in [-0.3, -0.25) is 4.90 Å². The Balaban J connectivity index is 1.68. The number of hydrogen-bond acceptors (Lipinski definition) is 4. The third-order valence-corrected chi connectivity index (χ3v) is 3.92. The van der Waals surface area contributed by atoms with Crippen LogP contribution in [0.5, 0.6) is 5.88 Å². The molecular formula is C17H19N3O. The summed E-state index contributed by atoms with van der Waals surface area (Å²) >= 11 is 0. The van der Waals surface area contributed by atoms with Gasteiger partial charge in [-0.2, -0.15) is 5.26 Å². The van der Waals surface area contributed by atoms with Gasteiger partial charge in [-0.1, -0.05) is 24.6 Å². The summed E-state index contributed by atoms with van der Waals surface area (Å²) in [5.74, 6) is 0.544. The molecule has 1 aromatic heterocycles. The Bertz CT molecular complexity index is 657. The number of benzene rings is 1. The van der Waals surface area contributed by atoms with E-state index in [1.165, 1.54) is 19.3 Å². The van der Waals surface area contributed by atoms with Gasteiger partial charge in [0.05, 0.1) is 11.1 Å². The van der Waals surface area contributed by atoms with Crippen molar-refractivity contribution in [3.05, 3.63) is 35.9 Å². The summed E-state index contributed by atoms with van der Waals surface area (Å²) in [6, 6.07) is 11.6. The first-order valence-corrected chi connectivity index (χ1v) is 7.52. The highest BCUT2D eigenvalue weighted by Gasteiger charge is 2.10. The highest BCUT2D eigenvalue weighted by molar-refractivity contribution is 5.85. The van der Waals surface area contributed by atoms with Crippen LogP contribution in [0.2, 0.25) is 0 Å². The van der Waals surface area contributed by atoms with E-state index in [0.717, 1.165) is 30.5 Å². The molecule has 2 heterocycles. The molecule has 0 saturated carbocycles. The fourth-order valence-corrected chi connectivity index (χ4v) is 2.78. The molecule has 0 atom stereocenters. The first-order chi connectivity index (χ1) is 10.4. The molecule has 0 amide bonds. The number of pyridine rings is 1. The molecule has 0 unspecified atom stereocenters. The average Bonchev–Trinajstić information content (AvgIpc) is 2.55. The van der Waals surface area contributed by atoms with E-state index in [4.69, 9.17) is 4.74 Å². The van der Waals surface area contributed by atoms with E-state index in [2.05, 4.69) is 16.0 Å². The largest absolute Gasteiger partial charge is 0.476 e. The number of ether oxygens (including phenoxy) is 1. The van der Waals surface area contributed by atoms with Crippen LogP contribution in [0.25, 0.3) is 10.9 Å². The van der Waals surface area contributed by atoms with Gasteiger partial charge in [0, 0.05) is 18.0 Å². The van der Waals surface area contributed by atoms with Gasteiger partial charge in [0.1, 0.15) is 12.7 Å². The van der Waals surface area contributed by atoms with Crippen molar-refractivity contribution in [2.75, 3.05) is 26.2 Å². The fraction of sp³-hybridized carbons (Fsp3) is 0.412. The molecule has 0 aliphatic carbocycles. The number of piperidine rings is 1. The molecule has 0 radical (unpaired) electrons. The van der Waals surface area contributed by atoms with E-state index in [1.54, 1.807) is 6.07 Å². The van der Waals surface area contributed by atoms with Gasteiger partial charge < -0.3 is 4.74 Å². The van der Waals surface area contributed by atoms with Crippen molar-refractivity contribution in [1.82, 2.24) is 9.88 Å². The topological polar surface area (TPSA) is 49.1 Å². The molecule has 108 valence electrons. The Kier molecular flexibility index (Phi) is 4.32. The van der Waals surface area contributed by atoms with Gasteiger partial charge in [0.15, 0.2) is 0 Å². The number of fused-ring (bicyclic) bond motifs is 1. The Morgan fingerprint density at radius 3 is 2.81 bits per heavy atom. The van der Waals surface area contributed by atoms with Crippen LogP contribution < -0.4 is 4.74 Å². The third-order valence-electron chi connectivity index (χ3n) is 3.92. The monoisotopic (exact) mass is 281 g/mol. The number of nitrogens with zero attached hydrogens (tertiary/aromatic N) is 3. The van der Waals surface area contributed by atoms with Gasteiger partial charge in [-0.25, -0.2) is 4.98 Å². The van der Waals surface area contributed by atoms with Crippen molar-refractivity contribution < 1.29 is 4.74 Å². The van der Waals surface area contributed by atoms with Gasteiger partial charge in [-0.15, -0.1) is 0 Å². The van der Waals surface area contributed by atoms with E-state index in [1.807, 2.05) is 24.3 Å². The molecule has 0 bridgehead atoms. The minimum atomic E-state index is 0.544. The normalized spacial score (nSPS) is 15.8. The van der Waals surface area contributed by atoms with Crippen molar-refractivity contribution in [2.24, 2.45) is 0 Å². The maximum atomic E-state index is 9.25. The molecule has 1 fully saturated rings. The minimum Gasteiger partial charge on any atom is -0.476 e. The third kappa shape index (κ3) is 3.32. The number of rotatable bonds is 4. The van der Waals surface area contributed by atoms with E-state index in [-0.39, 0.29) is 0 Å². The van der Waals surface area contributed by atoms with Crippen LogP contribution in [0.4, 0.5) is 0 Å². The summed E-state index contributed by atoms with van der Waals surface area (Å²) in [6.07, 6.45) is 3.91. The van der Waals surface area contributed by atoms with Crippen LogP contribution in [-0.4, -0.2) is 36.1 Å². The first-order valence-electron chi connectivity index (χ1n) is 7.52. The van der Waals surface area contributed by atoms with E-state index in [0.29, 0.717) is 18.1 Å². The summed E-state index contributed by atoms with van der Waals surface area (Å²) < 4.78 is 5.76. The number of hydrogen-bond donors (Lipinski definition) is 0. The summed E-state index contributed by atoms with van der Waals surface area (Å²) in [5.41, 5.74) is 1.43. The maximum absolute atomic E-state index is 9.25. The number of aromatic nitrogens is 1. The van der Waals surface area contributed by atoms with E-state index in [9.17, 15) is 5.26 Å². The highest BCUT2D eigenvalue weighted by Crippen LogP contribution is 2.21. The lowest BCUT2D eigenvalue weighted by Crippen LogP contribution is -2.33. The molecule has 1 aliphatic rings. The minimum absolute atomic E-state index is 0.544. The van der Waals surface area contributed by atoms with Crippen molar-refractivity contribution >= 4 is 10.9 Å².